The Morgan fingerprint density at radius 1 is 1.45 bits per heavy atom. The molecular formula is C14H21N3O3S2. The number of carbonyl (C=O) groups is 1. The van der Waals surface area contributed by atoms with Crippen molar-refractivity contribution in [1.82, 2.24) is 10.0 Å². The summed E-state index contributed by atoms with van der Waals surface area (Å²) in [5.41, 5.74) is 1.13. The van der Waals surface area contributed by atoms with Crippen LogP contribution in [0.1, 0.15) is 12.0 Å². The fourth-order valence-corrected chi connectivity index (χ4v) is 4.21. The van der Waals surface area contributed by atoms with Crippen molar-refractivity contribution in [2.45, 2.75) is 24.3 Å². The maximum absolute atomic E-state index is 12.1. The number of hydrogen-bond acceptors (Lipinski definition) is 5. The van der Waals surface area contributed by atoms with E-state index in [4.69, 9.17) is 0 Å². The van der Waals surface area contributed by atoms with E-state index in [-0.39, 0.29) is 16.8 Å². The molecule has 0 bridgehead atoms. The molecular weight excluding hydrogens is 322 g/mol. The third-order valence-corrected chi connectivity index (χ3v) is 6.15. The standard InChI is InChI=1S/C14H21N3O3S2/c1-10-3-4-11(7-13(10)22(19,20)15-2)17-14(18)8-12-9-21-6-5-16-12/h3-4,7,12,15-16H,5-6,8-9H2,1-2H3,(H,17,18). The van der Waals surface area contributed by atoms with Gasteiger partial charge in [-0.05, 0) is 31.7 Å². The molecule has 1 amide bonds. The van der Waals surface area contributed by atoms with E-state index < -0.39 is 10.0 Å². The number of anilines is 1. The zero-order valence-electron chi connectivity index (χ0n) is 12.7. The van der Waals surface area contributed by atoms with E-state index in [2.05, 4.69) is 15.4 Å². The molecule has 1 aliphatic heterocycles. The highest BCUT2D eigenvalue weighted by Crippen LogP contribution is 2.20. The fraction of sp³-hybridized carbons (Fsp3) is 0.500. The van der Waals surface area contributed by atoms with E-state index in [1.807, 2.05) is 11.8 Å². The van der Waals surface area contributed by atoms with Crippen LogP contribution < -0.4 is 15.4 Å². The predicted molar refractivity (Wildman–Crippen MR) is 89.8 cm³/mol. The van der Waals surface area contributed by atoms with E-state index in [1.165, 1.54) is 13.1 Å². The summed E-state index contributed by atoms with van der Waals surface area (Å²) in [6.45, 7) is 2.64. The van der Waals surface area contributed by atoms with E-state index in [1.54, 1.807) is 19.1 Å². The average molecular weight is 343 g/mol. The predicted octanol–water partition coefficient (Wildman–Crippen LogP) is 0.937. The van der Waals surface area contributed by atoms with Crippen molar-refractivity contribution in [3.05, 3.63) is 23.8 Å². The van der Waals surface area contributed by atoms with Crippen molar-refractivity contribution < 1.29 is 13.2 Å². The van der Waals surface area contributed by atoms with Gasteiger partial charge in [0.25, 0.3) is 0 Å². The molecule has 1 saturated heterocycles. The quantitative estimate of drug-likeness (QED) is 0.740. The molecule has 8 heteroatoms. The zero-order valence-corrected chi connectivity index (χ0v) is 14.3. The number of amides is 1. The second kappa shape index (κ2) is 7.45. The summed E-state index contributed by atoms with van der Waals surface area (Å²) < 4.78 is 26.2. The van der Waals surface area contributed by atoms with E-state index in [0.717, 1.165) is 18.1 Å². The lowest BCUT2D eigenvalue weighted by Crippen LogP contribution is -2.39. The van der Waals surface area contributed by atoms with Crippen LogP contribution in [0, 0.1) is 6.92 Å². The minimum Gasteiger partial charge on any atom is -0.326 e. The van der Waals surface area contributed by atoms with Gasteiger partial charge in [0, 0.05) is 36.2 Å². The molecule has 3 N–H and O–H groups in total. The average Bonchev–Trinajstić information content (AvgIpc) is 2.50. The SMILES string of the molecule is CNS(=O)(=O)c1cc(NC(=O)CC2CSCCN2)ccc1C. The smallest absolute Gasteiger partial charge is 0.240 e. The number of rotatable bonds is 5. The molecule has 1 heterocycles. The molecule has 0 aromatic heterocycles. The molecule has 1 atom stereocenters. The second-order valence-corrected chi connectivity index (χ2v) is 8.17. The van der Waals surface area contributed by atoms with Crippen LogP contribution in [0.5, 0.6) is 0 Å². The second-order valence-electron chi connectivity index (χ2n) is 5.17. The minimum atomic E-state index is -3.53. The van der Waals surface area contributed by atoms with Gasteiger partial charge in [-0.25, -0.2) is 13.1 Å². The van der Waals surface area contributed by atoms with Gasteiger partial charge < -0.3 is 10.6 Å². The lowest BCUT2D eigenvalue weighted by molar-refractivity contribution is -0.116. The van der Waals surface area contributed by atoms with Gasteiger partial charge in [-0.3, -0.25) is 4.79 Å². The number of carbonyl (C=O) groups excluding carboxylic acids is 1. The van der Waals surface area contributed by atoms with Crippen molar-refractivity contribution in [3.63, 3.8) is 0 Å². The van der Waals surface area contributed by atoms with Crippen LogP contribution in [0.25, 0.3) is 0 Å². The van der Waals surface area contributed by atoms with E-state index in [0.29, 0.717) is 17.7 Å². The molecule has 1 aliphatic rings. The Bertz CT molecular complexity index is 641. The van der Waals surface area contributed by atoms with Crippen molar-refractivity contribution in [2.24, 2.45) is 0 Å². The first-order valence-electron chi connectivity index (χ1n) is 7.07. The lowest BCUT2D eigenvalue weighted by atomic mass is 10.2. The van der Waals surface area contributed by atoms with Crippen LogP contribution in [0.4, 0.5) is 5.69 Å². The summed E-state index contributed by atoms with van der Waals surface area (Å²) >= 11 is 1.83. The van der Waals surface area contributed by atoms with Crippen LogP contribution in [0.3, 0.4) is 0 Å². The highest BCUT2D eigenvalue weighted by atomic mass is 32.2. The fourth-order valence-electron chi connectivity index (χ4n) is 2.26. The molecule has 0 saturated carbocycles. The van der Waals surface area contributed by atoms with Crippen LogP contribution in [-0.4, -0.2) is 45.5 Å². The molecule has 1 unspecified atom stereocenters. The normalized spacial score (nSPS) is 18.9. The Morgan fingerprint density at radius 2 is 2.23 bits per heavy atom. The van der Waals surface area contributed by atoms with Crippen LogP contribution in [0.2, 0.25) is 0 Å². The van der Waals surface area contributed by atoms with E-state index in [9.17, 15) is 13.2 Å². The van der Waals surface area contributed by atoms with Crippen molar-refractivity contribution >= 4 is 33.4 Å². The molecule has 1 aromatic carbocycles. The summed E-state index contributed by atoms with van der Waals surface area (Å²) in [5.74, 6) is 1.87. The summed E-state index contributed by atoms with van der Waals surface area (Å²) in [6, 6.07) is 5.06. The van der Waals surface area contributed by atoms with Gasteiger partial charge in [-0.1, -0.05) is 6.07 Å². The van der Waals surface area contributed by atoms with Gasteiger partial charge >= 0.3 is 0 Å². The Kier molecular flexibility index (Phi) is 5.85. The summed E-state index contributed by atoms with van der Waals surface area (Å²) in [4.78, 5) is 12.3. The van der Waals surface area contributed by atoms with Crippen LogP contribution in [0.15, 0.2) is 23.1 Å². The molecule has 6 nitrogen and oxygen atoms in total. The molecule has 2 rings (SSSR count). The molecule has 0 aliphatic carbocycles. The summed E-state index contributed by atoms with van der Waals surface area (Å²) in [5, 5.41) is 6.07. The number of thioether (sulfide) groups is 1. The van der Waals surface area contributed by atoms with Crippen molar-refractivity contribution in [2.75, 3.05) is 30.4 Å². The van der Waals surface area contributed by atoms with Gasteiger partial charge in [-0.2, -0.15) is 11.8 Å². The molecule has 22 heavy (non-hydrogen) atoms. The number of benzene rings is 1. The third-order valence-electron chi connectivity index (χ3n) is 3.46. The number of nitrogens with one attached hydrogen (secondary N) is 3. The minimum absolute atomic E-state index is 0.114. The number of sulfonamides is 1. The Hall–Kier alpha value is -1.09. The van der Waals surface area contributed by atoms with Gasteiger partial charge in [-0.15, -0.1) is 0 Å². The maximum Gasteiger partial charge on any atom is 0.240 e. The molecule has 1 aromatic rings. The summed E-state index contributed by atoms with van der Waals surface area (Å²) in [6.07, 6.45) is 0.384. The lowest BCUT2D eigenvalue weighted by Gasteiger charge is -2.22. The zero-order chi connectivity index (χ0) is 16.2. The van der Waals surface area contributed by atoms with Crippen LogP contribution >= 0.6 is 11.8 Å². The molecule has 1 fully saturated rings. The Balaban J connectivity index is 2.06. The molecule has 0 spiro atoms. The molecule has 122 valence electrons. The van der Waals surface area contributed by atoms with E-state index >= 15 is 0 Å². The van der Waals surface area contributed by atoms with Gasteiger partial charge in [0.2, 0.25) is 15.9 Å². The summed E-state index contributed by atoms with van der Waals surface area (Å²) in [7, 11) is -2.16. The largest absolute Gasteiger partial charge is 0.326 e. The first-order valence-corrected chi connectivity index (χ1v) is 9.71. The molecule has 0 radical (unpaired) electrons. The number of hydrogen-bond donors (Lipinski definition) is 3. The topological polar surface area (TPSA) is 87.3 Å². The first kappa shape index (κ1) is 17.3. The number of aryl methyl sites for hydroxylation is 1. The van der Waals surface area contributed by atoms with Crippen LogP contribution in [-0.2, 0) is 14.8 Å². The monoisotopic (exact) mass is 343 g/mol. The first-order chi connectivity index (χ1) is 10.4. The van der Waals surface area contributed by atoms with Gasteiger partial charge in [0.05, 0.1) is 4.90 Å². The highest BCUT2D eigenvalue weighted by Gasteiger charge is 2.18. The van der Waals surface area contributed by atoms with Gasteiger partial charge in [0.1, 0.15) is 0 Å². The van der Waals surface area contributed by atoms with Crippen molar-refractivity contribution in [1.29, 1.82) is 0 Å². The third kappa shape index (κ3) is 4.45. The Labute approximate surface area is 135 Å². The highest BCUT2D eigenvalue weighted by molar-refractivity contribution is 7.99. The maximum atomic E-state index is 12.1. The van der Waals surface area contributed by atoms with Crippen molar-refractivity contribution in [3.8, 4) is 0 Å². The van der Waals surface area contributed by atoms with Gasteiger partial charge in [0.15, 0.2) is 0 Å². The Morgan fingerprint density at radius 3 is 2.86 bits per heavy atom.